The predicted octanol–water partition coefficient (Wildman–Crippen LogP) is 2.47. The molecule has 0 radical (unpaired) electrons. The number of aryl methyl sites for hydroxylation is 1. The van der Waals surface area contributed by atoms with Gasteiger partial charge < -0.3 is 9.90 Å². The zero-order valence-electron chi connectivity index (χ0n) is 11.9. The molecule has 0 atom stereocenters. The van der Waals surface area contributed by atoms with Gasteiger partial charge in [-0.1, -0.05) is 29.8 Å². The SMILES string of the molecule is Cc1ccc(-c2nc(-c3cccnc3)sc2CC(=O)[O-])cc1. The fraction of sp³-hybridized carbons (Fsp3) is 0.118. The average Bonchev–Trinajstić information content (AvgIpc) is 2.92. The number of hydrogen-bond donors (Lipinski definition) is 0. The smallest absolute Gasteiger partial charge is 0.125 e. The Kier molecular flexibility index (Phi) is 3.98. The zero-order chi connectivity index (χ0) is 15.5. The van der Waals surface area contributed by atoms with Crippen LogP contribution in [0.5, 0.6) is 0 Å². The Hall–Kier alpha value is -2.53. The van der Waals surface area contributed by atoms with E-state index in [1.807, 2.05) is 43.3 Å². The molecule has 0 fully saturated rings. The highest BCUT2D eigenvalue weighted by molar-refractivity contribution is 7.15. The molecule has 2 heterocycles. The molecule has 0 saturated heterocycles. The number of rotatable bonds is 4. The number of carboxylic acid groups (broad SMARTS) is 1. The van der Waals surface area contributed by atoms with E-state index in [-0.39, 0.29) is 6.42 Å². The van der Waals surface area contributed by atoms with E-state index >= 15 is 0 Å². The van der Waals surface area contributed by atoms with E-state index in [0.717, 1.165) is 21.7 Å². The van der Waals surface area contributed by atoms with Crippen LogP contribution in [0.3, 0.4) is 0 Å². The van der Waals surface area contributed by atoms with Gasteiger partial charge in [0.1, 0.15) is 5.01 Å². The highest BCUT2D eigenvalue weighted by Crippen LogP contribution is 2.34. The number of carboxylic acids is 1. The lowest BCUT2D eigenvalue weighted by atomic mass is 10.1. The van der Waals surface area contributed by atoms with Crippen LogP contribution in [0.25, 0.3) is 21.8 Å². The Morgan fingerprint density at radius 2 is 1.95 bits per heavy atom. The van der Waals surface area contributed by atoms with Crippen molar-refractivity contribution in [2.24, 2.45) is 0 Å². The summed E-state index contributed by atoms with van der Waals surface area (Å²) in [4.78, 5) is 20.4. The summed E-state index contributed by atoms with van der Waals surface area (Å²) in [6.07, 6.45) is 3.28. The highest BCUT2D eigenvalue weighted by Gasteiger charge is 2.14. The second-order valence-corrected chi connectivity index (χ2v) is 6.03. The van der Waals surface area contributed by atoms with Crippen molar-refractivity contribution < 1.29 is 9.90 Å². The summed E-state index contributed by atoms with van der Waals surface area (Å²) in [7, 11) is 0. The Labute approximate surface area is 132 Å². The Balaban J connectivity index is 2.09. The number of pyridine rings is 1. The van der Waals surface area contributed by atoms with Crippen LogP contribution in [-0.2, 0) is 11.2 Å². The van der Waals surface area contributed by atoms with Crippen LogP contribution in [0.2, 0.25) is 0 Å². The largest absolute Gasteiger partial charge is 0.550 e. The van der Waals surface area contributed by atoms with Gasteiger partial charge in [0.25, 0.3) is 0 Å². The van der Waals surface area contributed by atoms with Gasteiger partial charge in [0.15, 0.2) is 0 Å². The van der Waals surface area contributed by atoms with Gasteiger partial charge in [-0.25, -0.2) is 4.98 Å². The first kappa shape index (κ1) is 14.4. The van der Waals surface area contributed by atoms with Crippen molar-refractivity contribution >= 4 is 17.3 Å². The summed E-state index contributed by atoms with van der Waals surface area (Å²) < 4.78 is 0. The van der Waals surface area contributed by atoms with E-state index in [1.165, 1.54) is 11.3 Å². The quantitative estimate of drug-likeness (QED) is 0.742. The molecule has 0 aliphatic rings. The molecule has 0 amide bonds. The summed E-state index contributed by atoms with van der Waals surface area (Å²) in [6, 6.07) is 11.6. The van der Waals surface area contributed by atoms with Crippen LogP contribution < -0.4 is 5.11 Å². The Morgan fingerprint density at radius 1 is 1.18 bits per heavy atom. The number of aromatic nitrogens is 2. The second kappa shape index (κ2) is 6.07. The van der Waals surface area contributed by atoms with Gasteiger partial charge in [0.05, 0.1) is 5.69 Å². The highest BCUT2D eigenvalue weighted by atomic mass is 32.1. The van der Waals surface area contributed by atoms with Crippen LogP contribution in [0, 0.1) is 6.92 Å². The Bertz CT molecular complexity index is 795. The molecule has 3 aromatic rings. The van der Waals surface area contributed by atoms with Gasteiger partial charge in [-0.15, -0.1) is 11.3 Å². The van der Waals surface area contributed by atoms with Gasteiger partial charge in [-0.2, -0.15) is 0 Å². The summed E-state index contributed by atoms with van der Waals surface area (Å²) in [6.45, 7) is 2.01. The summed E-state index contributed by atoms with van der Waals surface area (Å²) in [5.41, 5.74) is 3.64. The molecule has 0 aliphatic carbocycles. The molecule has 22 heavy (non-hydrogen) atoms. The molecule has 1 aromatic carbocycles. The van der Waals surface area contributed by atoms with Gasteiger partial charge in [-0.05, 0) is 19.1 Å². The summed E-state index contributed by atoms with van der Waals surface area (Å²) in [5, 5.41) is 11.8. The van der Waals surface area contributed by atoms with Crippen molar-refractivity contribution in [1.29, 1.82) is 0 Å². The first-order valence-electron chi connectivity index (χ1n) is 6.80. The lowest BCUT2D eigenvalue weighted by Gasteiger charge is -2.03. The standard InChI is InChI=1S/C17H14N2O2S/c1-11-4-6-12(7-5-11)16-14(9-15(20)21)22-17(19-16)13-3-2-8-18-10-13/h2-8,10H,9H2,1H3,(H,20,21)/p-1. The van der Waals surface area contributed by atoms with Crippen molar-refractivity contribution in [3.63, 3.8) is 0 Å². The van der Waals surface area contributed by atoms with Crippen molar-refractivity contribution in [3.8, 4) is 21.8 Å². The molecule has 0 saturated carbocycles. The normalized spacial score (nSPS) is 10.6. The molecule has 4 nitrogen and oxygen atoms in total. The zero-order valence-corrected chi connectivity index (χ0v) is 12.8. The van der Waals surface area contributed by atoms with E-state index in [1.54, 1.807) is 12.4 Å². The fourth-order valence-electron chi connectivity index (χ4n) is 2.15. The van der Waals surface area contributed by atoms with Crippen LogP contribution in [0.15, 0.2) is 48.8 Å². The van der Waals surface area contributed by atoms with Crippen molar-refractivity contribution in [2.45, 2.75) is 13.3 Å². The number of carbonyl (C=O) groups excluding carboxylic acids is 1. The minimum absolute atomic E-state index is 0.138. The van der Waals surface area contributed by atoms with E-state index in [0.29, 0.717) is 10.6 Å². The Morgan fingerprint density at radius 3 is 2.59 bits per heavy atom. The van der Waals surface area contributed by atoms with Gasteiger partial charge in [-0.3, -0.25) is 4.98 Å². The van der Waals surface area contributed by atoms with E-state index < -0.39 is 5.97 Å². The number of hydrogen-bond acceptors (Lipinski definition) is 5. The monoisotopic (exact) mass is 309 g/mol. The lowest BCUT2D eigenvalue weighted by molar-refractivity contribution is -0.304. The summed E-state index contributed by atoms with van der Waals surface area (Å²) >= 11 is 1.37. The third-order valence-electron chi connectivity index (χ3n) is 3.24. The van der Waals surface area contributed by atoms with E-state index in [9.17, 15) is 9.90 Å². The third kappa shape index (κ3) is 3.04. The molecule has 0 spiro atoms. The molecular weight excluding hydrogens is 296 g/mol. The molecule has 0 N–H and O–H groups in total. The molecule has 5 heteroatoms. The van der Waals surface area contributed by atoms with Crippen LogP contribution in [-0.4, -0.2) is 15.9 Å². The first-order chi connectivity index (χ1) is 10.6. The average molecular weight is 309 g/mol. The second-order valence-electron chi connectivity index (χ2n) is 4.95. The summed E-state index contributed by atoms with van der Waals surface area (Å²) in [5.74, 6) is -1.10. The van der Waals surface area contributed by atoms with Crippen LogP contribution >= 0.6 is 11.3 Å². The number of nitrogens with zero attached hydrogens (tertiary/aromatic N) is 2. The number of thiazole rings is 1. The molecule has 0 unspecified atom stereocenters. The van der Waals surface area contributed by atoms with E-state index in [4.69, 9.17) is 0 Å². The molecule has 3 rings (SSSR count). The number of carbonyl (C=O) groups is 1. The minimum Gasteiger partial charge on any atom is -0.550 e. The molecular formula is C17H13N2O2S-. The number of benzene rings is 1. The lowest BCUT2D eigenvalue weighted by Crippen LogP contribution is -2.24. The maximum Gasteiger partial charge on any atom is 0.125 e. The molecule has 2 aromatic heterocycles. The van der Waals surface area contributed by atoms with Gasteiger partial charge >= 0.3 is 0 Å². The van der Waals surface area contributed by atoms with E-state index in [2.05, 4.69) is 9.97 Å². The maximum atomic E-state index is 11.0. The van der Waals surface area contributed by atoms with Gasteiger partial charge in [0, 0.05) is 40.8 Å². The van der Waals surface area contributed by atoms with Crippen molar-refractivity contribution in [2.75, 3.05) is 0 Å². The van der Waals surface area contributed by atoms with Crippen molar-refractivity contribution in [1.82, 2.24) is 9.97 Å². The topological polar surface area (TPSA) is 65.9 Å². The van der Waals surface area contributed by atoms with Crippen LogP contribution in [0.1, 0.15) is 10.4 Å². The maximum absolute atomic E-state index is 11.0. The van der Waals surface area contributed by atoms with Gasteiger partial charge in [0.2, 0.25) is 0 Å². The first-order valence-corrected chi connectivity index (χ1v) is 7.62. The van der Waals surface area contributed by atoms with Crippen molar-refractivity contribution in [3.05, 3.63) is 59.2 Å². The minimum atomic E-state index is -1.10. The molecule has 110 valence electrons. The fourth-order valence-corrected chi connectivity index (χ4v) is 3.21. The number of aliphatic carboxylic acids is 1. The van der Waals surface area contributed by atoms with Crippen LogP contribution in [0.4, 0.5) is 0 Å². The third-order valence-corrected chi connectivity index (χ3v) is 4.34. The molecule has 0 aliphatic heterocycles. The molecule has 0 bridgehead atoms. The predicted molar refractivity (Wildman–Crippen MR) is 84.2 cm³/mol.